The first-order chi connectivity index (χ1) is 10.2. The molecule has 0 aliphatic heterocycles. The van der Waals surface area contributed by atoms with Crippen molar-refractivity contribution in [2.45, 2.75) is 19.8 Å². The van der Waals surface area contributed by atoms with Gasteiger partial charge in [-0.3, -0.25) is 0 Å². The summed E-state index contributed by atoms with van der Waals surface area (Å²) in [6.07, 6.45) is 1.74. The van der Waals surface area contributed by atoms with E-state index in [1.54, 1.807) is 20.3 Å². The molecule has 21 heavy (non-hydrogen) atoms. The Morgan fingerprint density at radius 1 is 1.14 bits per heavy atom. The summed E-state index contributed by atoms with van der Waals surface area (Å²) >= 11 is 6.04. The lowest BCUT2D eigenvalue weighted by Gasteiger charge is -2.12. The number of hydrogen-bond donors (Lipinski definition) is 1. The van der Waals surface area contributed by atoms with Gasteiger partial charge in [0.25, 0.3) is 0 Å². The third-order valence-electron chi connectivity index (χ3n) is 2.88. The fourth-order valence-corrected chi connectivity index (χ4v) is 2.11. The van der Waals surface area contributed by atoms with Gasteiger partial charge >= 0.3 is 0 Å². The summed E-state index contributed by atoms with van der Waals surface area (Å²) in [7, 11) is 3.23. The van der Waals surface area contributed by atoms with E-state index in [4.69, 9.17) is 21.1 Å². The van der Waals surface area contributed by atoms with Crippen LogP contribution in [0.5, 0.6) is 11.5 Å². The minimum absolute atomic E-state index is 0.415. The number of ether oxygens (including phenoxy) is 2. The quantitative estimate of drug-likeness (QED) is 0.822. The van der Waals surface area contributed by atoms with Gasteiger partial charge in [0.1, 0.15) is 28.3 Å². The van der Waals surface area contributed by atoms with Crippen LogP contribution in [0.25, 0.3) is 0 Å². The Labute approximate surface area is 129 Å². The number of nitrogens with zero attached hydrogens (tertiary/aromatic N) is 2. The number of hydrogen-bond acceptors (Lipinski definition) is 5. The van der Waals surface area contributed by atoms with E-state index in [1.165, 1.54) is 0 Å². The van der Waals surface area contributed by atoms with E-state index in [-0.39, 0.29) is 0 Å². The molecule has 1 N–H and O–H groups in total. The molecule has 2 aromatic rings. The molecule has 1 heterocycles. The molecule has 0 unspecified atom stereocenters. The molecule has 112 valence electrons. The number of nitrogens with one attached hydrogen (secondary N) is 1. The monoisotopic (exact) mass is 307 g/mol. The van der Waals surface area contributed by atoms with Crippen LogP contribution in [0, 0.1) is 0 Å². The Morgan fingerprint density at radius 3 is 2.62 bits per heavy atom. The van der Waals surface area contributed by atoms with Crippen LogP contribution in [-0.4, -0.2) is 24.2 Å². The predicted molar refractivity (Wildman–Crippen MR) is 83.9 cm³/mol. The van der Waals surface area contributed by atoms with Gasteiger partial charge in [0.05, 0.1) is 19.9 Å². The minimum Gasteiger partial charge on any atom is -0.497 e. The maximum atomic E-state index is 6.04. The van der Waals surface area contributed by atoms with Crippen molar-refractivity contribution in [1.82, 2.24) is 9.97 Å². The minimum atomic E-state index is 0.415. The van der Waals surface area contributed by atoms with Gasteiger partial charge in [0.2, 0.25) is 0 Å². The van der Waals surface area contributed by atoms with E-state index in [9.17, 15) is 0 Å². The number of halogens is 1. The Bertz CT molecular complexity index is 620. The standard InChI is InChI=1S/C15H18ClN3O2/c1-4-5-14-18-13(16)9-15(19-14)17-11-8-10(20-2)6-7-12(11)21-3/h6-9H,4-5H2,1-3H3,(H,17,18,19). The van der Waals surface area contributed by atoms with Crippen molar-refractivity contribution < 1.29 is 9.47 Å². The van der Waals surface area contributed by atoms with Gasteiger partial charge in [-0.15, -0.1) is 0 Å². The average molecular weight is 308 g/mol. The van der Waals surface area contributed by atoms with Crippen molar-refractivity contribution in [3.05, 3.63) is 35.2 Å². The molecule has 0 spiro atoms. The molecule has 2 rings (SSSR count). The van der Waals surface area contributed by atoms with Gasteiger partial charge in [-0.1, -0.05) is 18.5 Å². The molecule has 1 aromatic heterocycles. The SMILES string of the molecule is CCCc1nc(Cl)cc(Nc2cc(OC)ccc2OC)n1. The number of rotatable bonds is 6. The van der Waals surface area contributed by atoms with Crippen LogP contribution in [0.4, 0.5) is 11.5 Å². The second-order valence-electron chi connectivity index (χ2n) is 4.43. The van der Waals surface area contributed by atoms with Crippen LogP contribution in [0.3, 0.4) is 0 Å². The summed E-state index contributed by atoms with van der Waals surface area (Å²) < 4.78 is 10.6. The molecule has 5 nitrogen and oxygen atoms in total. The van der Waals surface area contributed by atoms with E-state index in [1.807, 2.05) is 18.2 Å². The Balaban J connectivity index is 2.32. The first kappa shape index (κ1) is 15.4. The third kappa shape index (κ3) is 3.98. The van der Waals surface area contributed by atoms with E-state index in [0.717, 1.165) is 30.1 Å². The number of aromatic nitrogens is 2. The van der Waals surface area contributed by atoms with E-state index < -0.39 is 0 Å². The van der Waals surface area contributed by atoms with Crippen LogP contribution >= 0.6 is 11.6 Å². The maximum Gasteiger partial charge on any atom is 0.142 e. The molecule has 6 heteroatoms. The van der Waals surface area contributed by atoms with Gasteiger partial charge in [-0.25, -0.2) is 9.97 Å². The molecule has 0 radical (unpaired) electrons. The zero-order chi connectivity index (χ0) is 15.2. The molecule has 0 aliphatic rings. The van der Waals surface area contributed by atoms with Crippen molar-refractivity contribution in [1.29, 1.82) is 0 Å². The van der Waals surface area contributed by atoms with Crippen LogP contribution in [0.1, 0.15) is 19.2 Å². The molecule has 0 amide bonds. The lowest BCUT2D eigenvalue weighted by Crippen LogP contribution is -2.02. The molecular formula is C15H18ClN3O2. The summed E-state index contributed by atoms with van der Waals surface area (Å²) in [5.74, 6) is 2.77. The molecule has 0 saturated heterocycles. The van der Waals surface area contributed by atoms with Crippen molar-refractivity contribution in [2.24, 2.45) is 0 Å². The summed E-state index contributed by atoms with van der Waals surface area (Å²) in [5, 5.41) is 3.61. The Hall–Kier alpha value is -2.01. The van der Waals surface area contributed by atoms with Crippen molar-refractivity contribution in [3.8, 4) is 11.5 Å². The number of benzene rings is 1. The van der Waals surface area contributed by atoms with Gasteiger partial charge < -0.3 is 14.8 Å². The second kappa shape index (κ2) is 7.13. The van der Waals surface area contributed by atoms with Gasteiger partial charge in [-0.2, -0.15) is 0 Å². The molecule has 0 aliphatic carbocycles. The lowest BCUT2D eigenvalue weighted by atomic mass is 10.2. The molecule has 0 saturated carbocycles. The summed E-state index contributed by atoms with van der Waals surface area (Å²) in [6, 6.07) is 7.18. The van der Waals surface area contributed by atoms with Crippen molar-refractivity contribution in [3.63, 3.8) is 0 Å². The topological polar surface area (TPSA) is 56.3 Å². The Kier molecular flexibility index (Phi) is 5.22. The largest absolute Gasteiger partial charge is 0.497 e. The smallest absolute Gasteiger partial charge is 0.142 e. The lowest BCUT2D eigenvalue weighted by molar-refractivity contribution is 0.405. The average Bonchev–Trinajstić information content (AvgIpc) is 2.47. The normalized spacial score (nSPS) is 10.3. The summed E-state index contributed by atoms with van der Waals surface area (Å²) in [4.78, 5) is 8.65. The van der Waals surface area contributed by atoms with Gasteiger partial charge in [0.15, 0.2) is 0 Å². The van der Waals surface area contributed by atoms with E-state index >= 15 is 0 Å². The molecule has 0 fully saturated rings. The first-order valence-electron chi connectivity index (χ1n) is 6.68. The highest BCUT2D eigenvalue weighted by Gasteiger charge is 2.08. The highest BCUT2D eigenvalue weighted by atomic mass is 35.5. The predicted octanol–water partition coefficient (Wildman–Crippen LogP) is 3.84. The number of aryl methyl sites for hydroxylation is 1. The first-order valence-corrected chi connectivity index (χ1v) is 7.06. The highest BCUT2D eigenvalue weighted by molar-refractivity contribution is 6.29. The van der Waals surface area contributed by atoms with Gasteiger partial charge in [-0.05, 0) is 18.6 Å². The fraction of sp³-hybridized carbons (Fsp3) is 0.333. The summed E-state index contributed by atoms with van der Waals surface area (Å²) in [6.45, 7) is 2.07. The van der Waals surface area contributed by atoms with Crippen LogP contribution in [0.15, 0.2) is 24.3 Å². The Morgan fingerprint density at radius 2 is 1.95 bits per heavy atom. The molecule has 1 aromatic carbocycles. The van der Waals surface area contributed by atoms with Crippen molar-refractivity contribution in [2.75, 3.05) is 19.5 Å². The molecule has 0 bridgehead atoms. The van der Waals surface area contributed by atoms with Crippen LogP contribution < -0.4 is 14.8 Å². The third-order valence-corrected chi connectivity index (χ3v) is 3.08. The zero-order valence-electron chi connectivity index (χ0n) is 12.3. The number of methoxy groups -OCH3 is 2. The van der Waals surface area contributed by atoms with Gasteiger partial charge in [0, 0.05) is 18.6 Å². The highest BCUT2D eigenvalue weighted by Crippen LogP contribution is 2.31. The van der Waals surface area contributed by atoms with E-state index in [0.29, 0.717) is 16.7 Å². The summed E-state index contributed by atoms with van der Waals surface area (Å²) in [5.41, 5.74) is 0.758. The fourth-order valence-electron chi connectivity index (χ4n) is 1.91. The number of anilines is 2. The molecular weight excluding hydrogens is 290 g/mol. The van der Waals surface area contributed by atoms with Crippen molar-refractivity contribution >= 4 is 23.1 Å². The second-order valence-corrected chi connectivity index (χ2v) is 4.82. The zero-order valence-corrected chi connectivity index (χ0v) is 13.1. The van der Waals surface area contributed by atoms with Crippen LogP contribution in [-0.2, 0) is 6.42 Å². The van der Waals surface area contributed by atoms with Crippen LogP contribution in [0.2, 0.25) is 5.15 Å². The molecule has 0 atom stereocenters. The van der Waals surface area contributed by atoms with E-state index in [2.05, 4.69) is 22.2 Å². The maximum absolute atomic E-state index is 6.04.